The largest absolute Gasteiger partial charge is 0.482 e. The number of nitrogens with zero attached hydrogens (tertiary/aromatic N) is 1. The smallest absolute Gasteiger partial charge is 0.199 e. The van der Waals surface area contributed by atoms with Gasteiger partial charge < -0.3 is 14.2 Å². The van der Waals surface area contributed by atoms with Gasteiger partial charge in [-0.2, -0.15) is 0 Å². The molecule has 0 fully saturated rings. The van der Waals surface area contributed by atoms with Crippen LogP contribution in [-0.4, -0.2) is 38.5 Å². The van der Waals surface area contributed by atoms with Crippen LogP contribution in [0.25, 0.3) is 0 Å². The van der Waals surface area contributed by atoms with Gasteiger partial charge in [0.25, 0.3) is 0 Å². The van der Waals surface area contributed by atoms with E-state index in [0.29, 0.717) is 36.3 Å². The van der Waals surface area contributed by atoms with E-state index in [4.69, 9.17) is 8.92 Å². The van der Waals surface area contributed by atoms with Gasteiger partial charge in [-0.05, 0) is 19.9 Å². The summed E-state index contributed by atoms with van der Waals surface area (Å²) in [7, 11) is 3.04. The number of aldehydes is 2. The van der Waals surface area contributed by atoms with Gasteiger partial charge in [-0.15, -0.1) is 0 Å². The van der Waals surface area contributed by atoms with Crippen molar-refractivity contribution >= 4 is 29.8 Å². The normalized spacial score (nSPS) is 12.6. The van der Waals surface area contributed by atoms with E-state index >= 15 is 0 Å². The first-order valence-electron chi connectivity index (χ1n) is 6.99. The van der Waals surface area contributed by atoms with Crippen molar-refractivity contribution in [3.63, 3.8) is 0 Å². The van der Waals surface area contributed by atoms with Crippen molar-refractivity contribution < 1.29 is 18.5 Å². The number of ether oxygens (including phenoxy) is 1. The van der Waals surface area contributed by atoms with E-state index in [1.54, 1.807) is 14.0 Å². The molecule has 0 unspecified atom stereocenters. The summed E-state index contributed by atoms with van der Waals surface area (Å²) in [6, 6.07) is 0. The summed E-state index contributed by atoms with van der Waals surface area (Å²) in [5, 5.41) is 3.36. The minimum absolute atomic E-state index is 0.284. The summed E-state index contributed by atoms with van der Waals surface area (Å²) >= 11 is 1.06. The summed E-state index contributed by atoms with van der Waals surface area (Å²) in [6.45, 7) is 8.14. The monoisotopic (exact) mass is 330 g/mol. The molecule has 6 nitrogen and oxygen atoms in total. The van der Waals surface area contributed by atoms with Crippen LogP contribution >= 0.6 is 12.0 Å². The molecule has 0 bridgehead atoms. The number of hydrogen-bond donors (Lipinski definition) is 1. The van der Waals surface area contributed by atoms with Gasteiger partial charge in [0, 0.05) is 13.5 Å². The molecule has 0 heterocycles. The maximum absolute atomic E-state index is 11.2. The molecule has 0 saturated carbocycles. The summed E-state index contributed by atoms with van der Waals surface area (Å²) < 4.78 is 10.3. The Kier molecular flexibility index (Phi) is 16.3. The fourth-order valence-electron chi connectivity index (χ4n) is 1.24. The van der Waals surface area contributed by atoms with Crippen LogP contribution in [0.4, 0.5) is 0 Å². The van der Waals surface area contributed by atoms with Crippen LogP contribution in [0.1, 0.15) is 34.1 Å². The molecule has 1 N–H and O–H groups in total. The standard InChI is InChI=1S/C13H20N2O4S.C2H6/c1-5-19-20-13(14-3)15-12(18-4)11(9-17)8-10(2)6-7-16;1-2/h6-7,9H,5,8H2,1-4H3,(H,14,15);1-2H3/b10-6-,12-11+;. The number of carbonyl (C=O) groups excluding carboxylic acids is 2. The van der Waals surface area contributed by atoms with E-state index in [2.05, 4.69) is 10.3 Å². The Balaban J connectivity index is 0. The average Bonchev–Trinajstić information content (AvgIpc) is 2.55. The molecule has 0 amide bonds. The predicted molar refractivity (Wildman–Crippen MR) is 91.6 cm³/mol. The van der Waals surface area contributed by atoms with Crippen LogP contribution < -0.4 is 5.32 Å². The Labute approximate surface area is 137 Å². The van der Waals surface area contributed by atoms with Crippen molar-refractivity contribution in [3.8, 4) is 0 Å². The van der Waals surface area contributed by atoms with Crippen LogP contribution in [0.2, 0.25) is 0 Å². The second-order valence-electron chi connectivity index (χ2n) is 3.65. The highest BCUT2D eigenvalue weighted by molar-refractivity contribution is 8.09. The second-order valence-corrected chi connectivity index (χ2v) is 4.43. The van der Waals surface area contributed by atoms with Crippen LogP contribution in [0.3, 0.4) is 0 Å². The van der Waals surface area contributed by atoms with Crippen molar-refractivity contribution in [2.75, 3.05) is 20.8 Å². The number of rotatable bonds is 8. The molecule has 0 aliphatic rings. The van der Waals surface area contributed by atoms with Crippen molar-refractivity contribution in [1.82, 2.24) is 5.32 Å². The molecule has 0 atom stereocenters. The molecule has 0 aliphatic heterocycles. The molecular weight excluding hydrogens is 304 g/mol. The Hall–Kier alpha value is -1.60. The third kappa shape index (κ3) is 10.2. The minimum Gasteiger partial charge on any atom is -0.482 e. The van der Waals surface area contributed by atoms with Gasteiger partial charge >= 0.3 is 0 Å². The first-order valence-corrected chi connectivity index (χ1v) is 7.73. The van der Waals surface area contributed by atoms with Crippen LogP contribution in [0.15, 0.2) is 28.1 Å². The molecule has 126 valence electrons. The van der Waals surface area contributed by atoms with Crippen molar-refractivity contribution in [1.29, 1.82) is 0 Å². The van der Waals surface area contributed by atoms with Crippen molar-refractivity contribution in [2.45, 2.75) is 34.1 Å². The zero-order valence-electron chi connectivity index (χ0n) is 14.1. The number of methoxy groups -OCH3 is 1. The Bertz CT molecular complexity index is 418. The van der Waals surface area contributed by atoms with Gasteiger partial charge in [0.2, 0.25) is 0 Å². The van der Waals surface area contributed by atoms with Crippen molar-refractivity contribution in [3.05, 3.63) is 23.1 Å². The average molecular weight is 330 g/mol. The number of aliphatic imine (C=N–C) groups is 1. The van der Waals surface area contributed by atoms with Gasteiger partial charge in [0.15, 0.2) is 17.3 Å². The lowest BCUT2D eigenvalue weighted by Gasteiger charge is -2.13. The number of hydrogen-bond acceptors (Lipinski definition) is 6. The third-order valence-electron chi connectivity index (χ3n) is 2.14. The van der Waals surface area contributed by atoms with Gasteiger partial charge in [0.05, 0.1) is 31.3 Å². The van der Waals surface area contributed by atoms with Crippen LogP contribution in [0.5, 0.6) is 0 Å². The van der Waals surface area contributed by atoms with Gasteiger partial charge in [0.1, 0.15) is 6.29 Å². The molecule has 0 aromatic rings. The van der Waals surface area contributed by atoms with E-state index in [0.717, 1.165) is 17.6 Å². The lowest BCUT2D eigenvalue weighted by molar-refractivity contribution is -0.105. The maximum atomic E-state index is 11.2. The Morgan fingerprint density at radius 3 is 2.36 bits per heavy atom. The number of allylic oxidation sites excluding steroid dienone is 3. The van der Waals surface area contributed by atoms with Crippen LogP contribution in [-0.2, 0) is 18.5 Å². The molecule has 7 heteroatoms. The second kappa shape index (κ2) is 15.8. The molecule has 0 rings (SSSR count). The topological polar surface area (TPSA) is 77.0 Å². The lowest BCUT2D eigenvalue weighted by Crippen LogP contribution is -2.23. The van der Waals surface area contributed by atoms with Gasteiger partial charge in [-0.25, -0.2) is 0 Å². The highest BCUT2D eigenvalue weighted by Gasteiger charge is 2.11. The lowest BCUT2D eigenvalue weighted by atomic mass is 10.1. The predicted octanol–water partition coefficient (Wildman–Crippen LogP) is 2.86. The zero-order valence-corrected chi connectivity index (χ0v) is 15.0. The number of amidine groups is 1. The van der Waals surface area contributed by atoms with E-state index in [9.17, 15) is 9.59 Å². The molecule has 0 aromatic carbocycles. The summed E-state index contributed by atoms with van der Waals surface area (Å²) in [5.74, 6) is 0.284. The zero-order chi connectivity index (χ0) is 17.4. The fourth-order valence-corrected chi connectivity index (χ4v) is 1.68. The molecule has 0 spiro atoms. The van der Waals surface area contributed by atoms with E-state index in [1.165, 1.54) is 13.2 Å². The van der Waals surface area contributed by atoms with Crippen molar-refractivity contribution in [2.24, 2.45) is 4.99 Å². The number of nitrogens with one attached hydrogen (secondary N) is 1. The van der Waals surface area contributed by atoms with Gasteiger partial charge in [-0.1, -0.05) is 19.4 Å². The number of carbonyl (C=O) groups is 2. The fraction of sp³-hybridized carbons (Fsp3) is 0.533. The minimum atomic E-state index is 0.284. The summed E-state index contributed by atoms with van der Waals surface area (Å²) in [5.41, 5.74) is 1.15. The molecule has 22 heavy (non-hydrogen) atoms. The highest BCUT2D eigenvalue weighted by Crippen LogP contribution is 2.14. The molecule has 0 aliphatic carbocycles. The summed E-state index contributed by atoms with van der Waals surface area (Å²) in [4.78, 5) is 25.5. The quantitative estimate of drug-likeness (QED) is 0.184. The summed E-state index contributed by atoms with van der Waals surface area (Å²) in [6.07, 6.45) is 3.09. The van der Waals surface area contributed by atoms with Crippen LogP contribution in [0, 0.1) is 0 Å². The molecular formula is C15H26N2O4S. The molecule has 0 aromatic heterocycles. The molecule has 0 saturated heterocycles. The highest BCUT2D eigenvalue weighted by atomic mass is 32.2. The van der Waals surface area contributed by atoms with Gasteiger partial charge in [-0.3, -0.25) is 14.6 Å². The third-order valence-corrected chi connectivity index (χ3v) is 2.94. The Morgan fingerprint density at radius 1 is 1.32 bits per heavy atom. The van der Waals surface area contributed by atoms with E-state index < -0.39 is 0 Å². The van der Waals surface area contributed by atoms with E-state index in [-0.39, 0.29) is 5.88 Å². The first-order chi connectivity index (χ1) is 10.6. The van der Waals surface area contributed by atoms with E-state index in [1.807, 2.05) is 20.8 Å². The maximum Gasteiger partial charge on any atom is 0.199 e. The Morgan fingerprint density at radius 2 is 1.95 bits per heavy atom. The SMILES string of the molecule is CC.CCOSC(=NC)N/C(OC)=C(\C=O)C/C(C)=C\C=O. The molecule has 0 radical (unpaired) electrons. The first kappa shape index (κ1) is 22.7.